The van der Waals surface area contributed by atoms with E-state index in [2.05, 4.69) is 17.6 Å². The van der Waals surface area contributed by atoms with Gasteiger partial charge in [-0.2, -0.15) is 0 Å². The van der Waals surface area contributed by atoms with Gasteiger partial charge in [-0.05, 0) is 31.7 Å². The highest BCUT2D eigenvalue weighted by molar-refractivity contribution is 5.88. The molecular weight excluding hydrogens is 270 g/mol. The SMILES string of the molecule is CCCC(CCO)CNC(=O)Nc1ccc(=O)n(CC)c1. The number of urea groups is 1. The summed E-state index contributed by atoms with van der Waals surface area (Å²) in [7, 11) is 0. The first-order chi connectivity index (χ1) is 10.1. The number of hydrogen-bond acceptors (Lipinski definition) is 3. The summed E-state index contributed by atoms with van der Waals surface area (Å²) in [6.07, 6.45) is 4.31. The third kappa shape index (κ3) is 5.99. The van der Waals surface area contributed by atoms with E-state index >= 15 is 0 Å². The lowest BCUT2D eigenvalue weighted by atomic mass is 10.0. The third-order valence-electron chi connectivity index (χ3n) is 3.37. The fraction of sp³-hybridized carbons (Fsp3) is 0.600. The van der Waals surface area contributed by atoms with Gasteiger partial charge in [-0.3, -0.25) is 4.79 Å². The van der Waals surface area contributed by atoms with Gasteiger partial charge in [-0.15, -0.1) is 0 Å². The van der Waals surface area contributed by atoms with Gasteiger partial charge in [0.15, 0.2) is 0 Å². The van der Waals surface area contributed by atoms with Crippen LogP contribution in [0.3, 0.4) is 0 Å². The number of aliphatic hydroxyl groups is 1. The van der Waals surface area contributed by atoms with Crippen LogP contribution in [-0.4, -0.2) is 28.9 Å². The molecule has 6 heteroatoms. The van der Waals surface area contributed by atoms with Crippen molar-refractivity contribution in [1.29, 1.82) is 0 Å². The Balaban J connectivity index is 2.51. The van der Waals surface area contributed by atoms with Crippen LogP contribution in [0.15, 0.2) is 23.1 Å². The molecule has 0 saturated heterocycles. The monoisotopic (exact) mass is 295 g/mol. The molecule has 118 valence electrons. The summed E-state index contributed by atoms with van der Waals surface area (Å²) in [6.45, 7) is 5.18. The second kappa shape index (κ2) is 9.18. The minimum absolute atomic E-state index is 0.0885. The van der Waals surface area contributed by atoms with Crippen LogP contribution < -0.4 is 16.2 Å². The van der Waals surface area contributed by atoms with Crippen molar-refractivity contribution >= 4 is 11.7 Å². The molecule has 1 rings (SSSR count). The standard InChI is InChI=1S/C15H25N3O3/c1-3-5-12(8-9-19)10-16-15(21)17-13-6-7-14(20)18(4-2)11-13/h6-7,11-12,19H,3-5,8-10H2,1-2H3,(H2,16,17,21). The van der Waals surface area contributed by atoms with Crippen LogP contribution in [0.4, 0.5) is 10.5 Å². The molecule has 1 heterocycles. The van der Waals surface area contributed by atoms with E-state index in [9.17, 15) is 9.59 Å². The summed E-state index contributed by atoms with van der Waals surface area (Å²) < 4.78 is 1.53. The van der Waals surface area contributed by atoms with E-state index in [-0.39, 0.29) is 24.1 Å². The molecule has 1 aromatic heterocycles. The van der Waals surface area contributed by atoms with Crippen molar-refractivity contribution in [2.24, 2.45) is 5.92 Å². The predicted octanol–water partition coefficient (Wildman–Crippen LogP) is 1.79. The van der Waals surface area contributed by atoms with Gasteiger partial charge >= 0.3 is 6.03 Å². The lowest BCUT2D eigenvalue weighted by Gasteiger charge is -2.16. The molecule has 0 radical (unpaired) electrons. The molecule has 0 aliphatic carbocycles. The van der Waals surface area contributed by atoms with E-state index in [1.54, 1.807) is 12.3 Å². The topological polar surface area (TPSA) is 83.4 Å². The summed E-state index contributed by atoms with van der Waals surface area (Å²) in [4.78, 5) is 23.3. The van der Waals surface area contributed by atoms with Gasteiger partial charge in [0.2, 0.25) is 0 Å². The maximum Gasteiger partial charge on any atom is 0.319 e. The van der Waals surface area contributed by atoms with Crippen molar-refractivity contribution in [1.82, 2.24) is 9.88 Å². The molecule has 0 spiro atoms. The van der Waals surface area contributed by atoms with Crippen LogP contribution in [0.25, 0.3) is 0 Å². The molecule has 0 saturated carbocycles. The molecule has 0 aliphatic heterocycles. The molecule has 1 unspecified atom stereocenters. The first kappa shape index (κ1) is 17.2. The molecule has 0 aromatic carbocycles. The number of hydrogen-bond donors (Lipinski definition) is 3. The Morgan fingerprint density at radius 3 is 2.71 bits per heavy atom. The lowest BCUT2D eigenvalue weighted by molar-refractivity contribution is 0.236. The van der Waals surface area contributed by atoms with Crippen molar-refractivity contribution in [3.8, 4) is 0 Å². The minimum Gasteiger partial charge on any atom is -0.396 e. The normalized spacial score (nSPS) is 12.0. The maximum absolute atomic E-state index is 11.8. The Morgan fingerprint density at radius 2 is 2.10 bits per heavy atom. The van der Waals surface area contributed by atoms with Gasteiger partial charge in [-0.25, -0.2) is 4.79 Å². The molecule has 2 amide bonds. The molecule has 1 atom stereocenters. The molecular formula is C15H25N3O3. The molecule has 3 N–H and O–H groups in total. The summed E-state index contributed by atoms with van der Waals surface area (Å²) in [5.41, 5.74) is 0.498. The van der Waals surface area contributed by atoms with Gasteiger partial charge < -0.3 is 20.3 Å². The van der Waals surface area contributed by atoms with Gasteiger partial charge in [-0.1, -0.05) is 13.3 Å². The number of carbonyl (C=O) groups excluding carboxylic acids is 1. The average Bonchev–Trinajstić information content (AvgIpc) is 2.47. The number of anilines is 1. The Kier molecular flexibility index (Phi) is 7.53. The third-order valence-corrected chi connectivity index (χ3v) is 3.37. The van der Waals surface area contributed by atoms with Crippen molar-refractivity contribution in [3.05, 3.63) is 28.7 Å². The number of aromatic nitrogens is 1. The van der Waals surface area contributed by atoms with Crippen LogP contribution in [0.5, 0.6) is 0 Å². The van der Waals surface area contributed by atoms with Crippen LogP contribution in [0.1, 0.15) is 33.1 Å². The smallest absolute Gasteiger partial charge is 0.319 e. The van der Waals surface area contributed by atoms with Gasteiger partial charge in [0.25, 0.3) is 5.56 Å². The van der Waals surface area contributed by atoms with E-state index in [4.69, 9.17) is 5.11 Å². The molecule has 6 nitrogen and oxygen atoms in total. The van der Waals surface area contributed by atoms with Crippen LogP contribution in [0.2, 0.25) is 0 Å². The van der Waals surface area contributed by atoms with Crippen molar-refractivity contribution < 1.29 is 9.90 Å². The first-order valence-corrected chi connectivity index (χ1v) is 7.46. The second-order valence-electron chi connectivity index (χ2n) is 5.04. The number of pyridine rings is 1. The highest BCUT2D eigenvalue weighted by Crippen LogP contribution is 2.09. The summed E-state index contributed by atoms with van der Waals surface area (Å²) >= 11 is 0. The van der Waals surface area contributed by atoms with E-state index in [0.29, 0.717) is 25.2 Å². The van der Waals surface area contributed by atoms with E-state index in [1.165, 1.54) is 10.6 Å². The minimum atomic E-state index is -0.296. The van der Waals surface area contributed by atoms with E-state index in [1.807, 2.05) is 6.92 Å². The average molecular weight is 295 g/mol. The Hall–Kier alpha value is -1.82. The Labute approximate surface area is 125 Å². The summed E-state index contributed by atoms with van der Waals surface area (Å²) in [5, 5.41) is 14.5. The highest BCUT2D eigenvalue weighted by Gasteiger charge is 2.09. The molecule has 21 heavy (non-hydrogen) atoms. The predicted molar refractivity (Wildman–Crippen MR) is 83.5 cm³/mol. The Bertz CT molecular complexity index is 493. The number of carbonyl (C=O) groups is 1. The molecule has 0 fully saturated rings. The highest BCUT2D eigenvalue weighted by atomic mass is 16.3. The van der Waals surface area contributed by atoms with Crippen molar-refractivity contribution in [2.45, 2.75) is 39.7 Å². The molecule has 0 bridgehead atoms. The van der Waals surface area contributed by atoms with E-state index < -0.39 is 0 Å². The van der Waals surface area contributed by atoms with Gasteiger partial charge in [0.05, 0.1) is 5.69 Å². The number of aryl methyl sites for hydroxylation is 1. The number of rotatable bonds is 8. The van der Waals surface area contributed by atoms with Gasteiger partial charge in [0.1, 0.15) is 0 Å². The summed E-state index contributed by atoms with van der Waals surface area (Å²) in [5.74, 6) is 0.287. The van der Waals surface area contributed by atoms with E-state index in [0.717, 1.165) is 12.8 Å². The first-order valence-electron chi connectivity index (χ1n) is 7.46. The number of aliphatic hydroxyl groups excluding tert-OH is 1. The quantitative estimate of drug-likeness (QED) is 0.683. The maximum atomic E-state index is 11.8. The van der Waals surface area contributed by atoms with Crippen LogP contribution in [-0.2, 0) is 6.54 Å². The van der Waals surface area contributed by atoms with Crippen LogP contribution >= 0.6 is 0 Å². The van der Waals surface area contributed by atoms with Crippen LogP contribution in [0, 0.1) is 5.92 Å². The number of nitrogens with zero attached hydrogens (tertiary/aromatic N) is 1. The zero-order valence-electron chi connectivity index (χ0n) is 12.8. The fourth-order valence-corrected chi connectivity index (χ4v) is 2.20. The zero-order chi connectivity index (χ0) is 15.7. The Morgan fingerprint density at radius 1 is 1.33 bits per heavy atom. The molecule has 0 aliphatic rings. The largest absolute Gasteiger partial charge is 0.396 e. The zero-order valence-corrected chi connectivity index (χ0v) is 12.8. The summed E-state index contributed by atoms with van der Waals surface area (Å²) in [6, 6.07) is 2.73. The van der Waals surface area contributed by atoms with Gasteiger partial charge in [0, 0.05) is 32.0 Å². The molecule has 1 aromatic rings. The number of nitrogens with one attached hydrogen (secondary N) is 2. The number of amides is 2. The second-order valence-corrected chi connectivity index (χ2v) is 5.04. The van der Waals surface area contributed by atoms with Crippen molar-refractivity contribution in [3.63, 3.8) is 0 Å². The fourth-order valence-electron chi connectivity index (χ4n) is 2.20. The lowest BCUT2D eigenvalue weighted by Crippen LogP contribution is -2.33. The van der Waals surface area contributed by atoms with Crippen molar-refractivity contribution in [2.75, 3.05) is 18.5 Å².